The number of pyridine rings is 2. The van der Waals surface area contributed by atoms with Gasteiger partial charge in [0.05, 0.1) is 39.6 Å². The first-order valence-electron chi connectivity index (χ1n) is 28.5. The van der Waals surface area contributed by atoms with Crippen molar-refractivity contribution in [1.82, 2.24) is 59.3 Å². The number of anilines is 4. The number of hydrogen-bond donors (Lipinski definition) is 4. The van der Waals surface area contributed by atoms with Crippen LogP contribution in [0, 0.1) is 10.6 Å². The summed E-state index contributed by atoms with van der Waals surface area (Å²) >= 11 is 2.13. The van der Waals surface area contributed by atoms with Crippen molar-refractivity contribution in [3.8, 4) is 11.3 Å². The van der Waals surface area contributed by atoms with Crippen LogP contribution < -0.4 is 27.6 Å². The molecule has 4 amide bonds. The van der Waals surface area contributed by atoms with Gasteiger partial charge in [0, 0.05) is 55.3 Å². The maximum atomic E-state index is 12.8. The largest absolute Gasteiger partial charge is 0.494 e. The van der Waals surface area contributed by atoms with Gasteiger partial charge in [0.2, 0.25) is 0 Å². The fourth-order valence-electron chi connectivity index (χ4n) is 9.73. The van der Waals surface area contributed by atoms with Crippen LogP contribution in [-0.4, -0.2) is 139 Å². The van der Waals surface area contributed by atoms with Gasteiger partial charge in [-0.2, -0.15) is 23.4 Å². The van der Waals surface area contributed by atoms with Crippen molar-refractivity contribution in [2.45, 2.75) is 130 Å². The number of aromatic nitrogens is 10. The minimum Gasteiger partial charge on any atom is -0.444 e. The number of benzene rings is 2. The molecule has 6 N–H and O–H groups in total. The van der Waals surface area contributed by atoms with Crippen LogP contribution in [0.1, 0.15) is 126 Å². The molecule has 0 spiro atoms. The number of halogens is 4. The zero-order valence-corrected chi connectivity index (χ0v) is 53.2. The van der Waals surface area contributed by atoms with Crippen molar-refractivity contribution in [1.29, 1.82) is 0 Å². The Morgan fingerprint density at radius 3 is 1.60 bits per heavy atom. The minimum atomic E-state index is -4.51. The summed E-state index contributed by atoms with van der Waals surface area (Å²) in [5.41, 5.74) is 14.5. The average molecular weight is 1340 g/mol. The van der Waals surface area contributed by atoms with Crippen molar-refractivity contribution in [2.75, 3.05) is 48.3 Å². The molecule has 0 aliphatic carbocycles. The molecule has 0 saturated carbocycles. The molecule has 2 aromatic carbocycles. The molecular formula is C60H69BF3IN16O8. The number of carbonyl (C=O) groups excluding carboxylic acids is 4. The van der Waals surface area contributed by atoms with Crippen LogP contribution in [0.5, 0.6) is 0 Å². The second kappa shape index (κ2) is 25.5. The maximum Gasteiger partial charge on any atom is 0.494 e. The van der Waals surface area contributed by atoms with E-state index in [-0.39, 0.29) is 41.6 Å². The number of likely N-dealkylation sites (tertiary alicyclic amines) is 2. The Morgan fingerprint density at radius 2 is 1.10 bits per heavy atom. The van der Waals surface area contributed by atoms with Gasteiger partial charge in [0.1, 0.15) is 56.5 Å². The molecule has 3 saturated heterocycles. The number of nitrogen functional groups attached to an aromatic ring is 2. The first-order chi connectivity index (χ1) is 41.7. The second-order valence-corrected chi connectivity index (χ2v) is 25.5. The van der Waals surface area contributed by atoms with E-state index < -0.39 is 47.2 Å². The van der Waals surface area contributed by atoms with Gasteiger partial charge in [0.15, 0.2) is 11.3 Å². The maximum absolute atomic E-state index is 12.8. The number of hydrogen-bond acceptors (Lipinski definition) is 18. The van der Waals surface area contributed by atoms with Crippen LogP contribution in [-0.2, 0) is 25.0 Å². The molecule has 89 heavy (non-hydrogen) atoms. The number of ether oxygens (including phenoxy) is 2. The van der Waals surface area contributed by atoms with Gasteiger partial charge in [-0.3, -0.25) is 9.59 Å². The van der Waals surface area contributed by atoms with Crippen LogP contribution >= 0.6 is 22.6 Å². The standard InChI is InChI=1S/C27H30N8O3.C19H20BF3N2O3.C14H19IN6O2/c1-16-9-11-29-20(13-16)32-25(36)18-7-5-17(6-8-18)22-21-23(28)30-15-31-24(21)35(33-22)19-10-12-34(14-19)26(37)38-27(2,3)4;1-17(2)18(3,4)28-20(27-17)14-7-5-12(6-8-14)16(26)25-15-11-13(9-10-24-15)19(21,22)23;1-14(2,3)23-13(22)20-5-4-8(6-20)21-12-9(10(15)19-21)11(16)17-7-18-12/h5-9,11,13,15,19H,10,12,14H2,1-4H3,(H2,28,30,31)(H,29,32,36);5-11H,1-4H3,(H,24,25,26);7-8H,4-6H2,1-3H3,(H2,16,17,18)/t19-;;8-/m1.1/s1. The fraction of sp³-hybridized carbons (Fsp3) is 0.400. The Labute approximate surface area is 525 Å². The van der Waals surface area contributed by atoms with Gasteiger partial charge < -0.3 is 50.7 Å². The van der Waals surface area contributed by atoms with E-state index in [0.717, 1.165) is 50.4 Å². The average Bonchev–Trinajstić information content (AvgIpc) is 1.91. The van der Waals surface area contributed by atoms with Crippen molar-refractivity contribution >= 4 is 105 Å². The number of nitrogens with zero attached hydrogens (tertiary/aromatic N) is 12. The van der Waals surface area contributed by atoms with E-state index in [4.69, 9.17) is 35.3 Å². The highest BCUT2D eigenvalue weighted by Crippen LogP contribution is 2.38. The fourth-order valence-corrected chi connectivity index (χ4v) is 10.5. The van der Waals surface area contributed by atoms with Gasteiger partial charge in [-0.05, 0) is 171 Å². The van der Waals surface area contributed by atoms with E-state index in [9.17, 15) is 32.3 Å². The highest BCUT2D eigenvalue weighted by Gasteiger charge is 2.51. The molecular weight excluding hydrogens is 1270 g/mol. The lowest BCUT2D eigenvalue weighted by atomic mass is 9.79. The summed E-state index contributed by atoms with van der Waals surface area (Å²) in [7, 11) is -0.563. The van der Waals surface area contributed by atoms with Crippen LogP contribution in [0.4, 0.5) is 46.0 Å². The number of aryl methyl sites for hydroxylation is 1. The lowest BCUT2D eigenvalue weighted by molar-refractivity contribution is -0.137. The Kier molecular flexibility index (Phi) is 18.6. The van der Waals surface area contributed by atoms with Crippen molar-refractivity contribution in [3.63, 3.8) is 0 Å². The summed E-state index contributed by atoms with van der Waals surface area (Å²) in [5.74, 6) is 0.229. The zero-order valence-electron chi connectivity index (χ0n) is 51.0. The van der Waals surface area contributed by atoms with Crippen LogP contribution in [0.25, 0.3) is 33.3 Å². The Balaban J connectivity index is 0.000000164. The quantitative estimate of drug-likeness (QED) is 0.0812. The molecule has 9 heterocycles. The molecule has 11 rings (SSSR count). The number of fused-ring (bicyclic) bond motifs is 2. The van der Waals surface area contributed by atoms with E-state index >= 15 is 0 Å². The molecule has 24 nitrogen and oxygen atoms in total. The monoisotopic (exact) mass is 1340 g/mol. The molecule has 3 aliphatic rings. The number of nitrogens with one attached hydrogen (secondary N) is 2. The molecule has 3 aliphatic heterocycles. The number of amides is 4. The van der Waals surface area contributed by atoms with Gasteiger partial charge in [-0.25, -0.2) is 48.9 Å². The summed E-state index contributed by atoms with van der Waals surface area (Å²) in [6, 6.07) is 18.9. The molecule has 468 valence electrons. The predicted molar refractivity (Wildman–Crippen MR) is 337 cm³/mol. The molecule has 6 aromatic heterocycles. The Morgan fingerprint density at radius 1 is 0.640 bits per heavy atom. The second-order valence-electron chi connectivity index (χ2n) is 24.5. The van der Waals surface area contributed by atoms with Crippen molar-refractivity contribution in [3.05, 3.63) is 124 Å². The van der Waals surface area contributed by atoms with Crippen molar-refractivity contribution in [2.24, 2.45) is 0 Å². The van der Waals surface area contributed by atoms with E-state index in [1.54, 1.807) is 58.5 Å². The zero-order chi connectivity index (χ0) is 64.5. The molecule has 29 heteroatoms. The smallest absolute Gasteiger partial charge is 0.444 e. The normalized spacial score (nSPS) is 17.2. The van der Waals surface area contributed by atoms with Crippen LogP contribution in [0.2, 0.25) is 0 Å². The molecule has 3 fully saturated rings. The molecule has 8 aromatic rings. The highest BCUT2D eigenvalue weighted by atomic mass is 127. The van der Waals surface area contributed by atoms with E-state index in [2.05, 4.69) is 68.2 Å². The SMILES string of the molecule is CC(C)(C)OC(=O)N1CC[C@@H](n2nc(I)c3c(N)ncnc32)C1.CC1(C)OB(c2ccc(C(=O)Nc3cc(C(F)(F)F)ccn3)cc2)OC1(C)C.Cc1ccnc(NC(=O)c2ccc(-c3nn([C@@H]4CCN(C(=O)OC(C)(C)C)C4)c4ncnc(N)c34)cc2)c1. The summed E-state index contributed by atoms with van der Waals surface area (Å²) in [5, 5.41) is 16.0. The third-order valence-electron chi connectivity index (χ3n) is 14.9. The van der Waals surface area contributed by atoms with E-state index in [1.165, 1.54) is 12.7 Å². The van der Waals surface area contributed by atoms with Crippen LogP contribution in [0.15, 0.2) is 97.8 Å². The summed E-state index contributed by atoms with van der Waals surface area (Å²) in [6.07, 6.45) is 1.85. The summed E-state index contributed by atoms with van der Waals surface area (Å²) in [6.45, 7) is 23.0. The number of rotatable bonds is 8. The highest BCUT2D eigenvalue weighted by molar-refractivity contribution is 14.1. The lowest BCUT2D eigenvalue weighted by Gasteiger charge is -2.32. The van der Waals surface area contributed by atoms with Gasteiger partial charge in [-0.1, -0.05) is 24.3 Å². The number of alkyl halides is 3. The number of carbonyl (C=O) groups is 4. The molecule has 0 radical (unpaired) electrons. The molecule has 2 atom stereocenters. The molecule has 0 unspecified atom stereocenters. The molecule has 0 bridgehead atoms. The van der Waals surface area contributed by atoms with Crippen molar-refractivity contribution < 1.29 is 51.1 Å². The Hall–Kier alpha value is -8.58. The predicted octanol–water partition coefficient (Wildman–Crippen LogP) is 10.1. The first-order valence-corrected chi connectivity index (χ1v) is 29.6. The first kappa shape index (κ1) is 64.9. The Bertz CT molecular complexity index is 3910. The topological polar surface area (TPSA) is 301 Å². The van der Waals surface area contributed by atoms with E-state index in [0.29, 0.717) is 78.0 Å². The number of nitrogens with two attached hydrogens (primary N) is 2. The van der Waals surface area contributed by atoms with Gasteiger partial charge >= 0.3 is 25.5 Å². The van der Waals surface area contributed by atoms with E-state index in [1.807, 2.05) is 104 Å². The third kappa shape index (κ3) is 15.3. The summed E-state index contributed by atoms with van der Waals surface area (Å²) < 4.78 is 65.6. The summed E-state index contributed by atoms with van der Waals surface area (Å²) in [4.78, 5) is 78.1. The lowest BCUT2D eigenvalue weighted by Crippen LogP contribution is -2.41. The van der Waals surface area contributed by atoms with Gasteiger partial charge in [-0.15, -0.1) is 0 Å². The van der Waals surface area contributed by atoms with Gasteiger partial charge in [0.25, 0.3) is 11.8 Å². The third-order valence-corrected chi connectivity index (χ3v) is 15.7. The van der Waals surface area contributed by atoms with Crippen LogP contribution in [0.3, 0.4) is 0 Å². The minimum absolute atomic E-state index is 0.0582.